The van der Waals surface area contributed by atoms with Crippen molar-refractivity contribution >= 4 is 11.8 Å². The zero-order valence-corrected chi connectivity index (χ0v) is 18.2. The fraction of sp³-hybridized carbons (Fsp3) is 0.462. The summed E-state index contributed by atoms with van der Waals surface area (Å²) in [5.74, 6) is 1.15. The average molecular weight is 437 g/mol. The van der Waals surface area contributed by atoms with Crippen molar-refractivity contribution in [3.63, 3.8) is 0 Å². The summed E-state index contributed by atoms with van der Waals surface area (Å²) in [7, 11) is 0. The highest BCUT2D eigenvalue weighted by Crippen LogP contribution is 2.33. The second-order valence-corrected chi connectivity index (χ2v) is 9.20. The van der Waals surface area contributed by atoms with E-state index < -0.39 is 0 Å². The first-order valence-corrected chi connectivity index (χ1v) is 11.7. The van der Waals surface area contributed by atoms with Gasteiger partial charge in [-0.3, -0.25) is 9.59 Å². The fourth-order valence-corrected chi connectivity index (χ4v) is 4.84. The molecule has 2 amide bonds. The number of amides is 2. The van der Waals surface area contributed by atoms with Crippen molar-refractivity contribution in [3.8, 4) is 5.75 Å². The summed E-state index contributed by atoms with van der Waals surface area (Å²) < 4.78 is 20.2. The van der Waals surface area contributed by atoms with Crippen LogP contribution in [-0.4, -0.2) is 53.9 Å². The van der Waals surface area contributed by atoms with Crippen molar-refractivity contribution in [1.82, 2.24) is 9.80 Å². The van der Waals surface area contributed by atoms with Crippen LogP contribution in [-0.2, 0) is 4.79 Å². The highest BCUT2D eigenvalue weighted by atomic mass is 19.1. The van der Waals surface area contributed by atoms with Gasteiger partial charge in [-0.1, -0.05) is 18.2 Å². The Hall–Kier alpha value is -2.89. The molecule has 1 aliphatic carbocycles. The lowest BCUT2D eigenvalue weighted by Crippen LogP contribution is -2.42. The van der Waals surface area contributed by atoms with Crippen molar-refractivity contribution in [3.05, 3.63) is 65.5 Å². The van der Waals surface area contributed by atoms with Crippen LogP contribution in [0.4, 0.5) is 4.39 Å². The standard InChI is InChI=1S/C26H29FN2O3/c27-24-4-2-1-3-23(24)20-11-14-29(17-20)26(31)19-7-9-21(10-8-19)32-22-12-15-28(16-13-22)25(30)18-5-6-18/h1-4,7-10,18,20,22H,5-6,11-17H2. The van der Waals surface area contributed by atoms with Gasteiger partial charge in [0.1, 0.15) is 17.7 Å². The predicted octanol–water partition coefficient (Wildman–Crippen LogP) is 4.24. The van der Waals surface area contributed by atoms with Crippen LogP contribution >= 0.6 is 0 Å². The molecule has 1 unspecified atom stereocenters. The Balaban J connectivity index is 1.13. The molecule has 5 rings (SSSR count). The molecule has 3 fully saturated rings. The summed E-state index contributed by atoms with van der Waals surface area (Å²) in [4.78, 5) is 28.9. The number of hydrogen-bond donors (Lipinski definition) is 0. The van der Waals surface area contributed by atoms with E-state index in [1.165, 1.54) is 6.07 Å². The van der Waals surface area contributed by atoms with Gasteiger partial charge >= 0.3 is 0 Å². The Kier molecular flexibility index (Phi) is 5.85. The summed E-state index contributed by atoms with van der Waals surface area (Å²) in [6.07, 6.45) is 4.63. The zero-order chi connectivity index (χ0) is 22.1. The maximum absolute atomic E-state index is 14.1. The summed E-state index contributed by atoms with van der Waals surface area (Å²) in [5.41, 5.74) is 1.31. The van der Waals surface area contributed by atoms with Crippen molar-refractivity contribution < 1.29 is 18.7 Å². The largest absolute Gasteiger partial charge is 0.490 e. The molecule has 0 spiro atoms. The Labute approximate surface area is 188 Å². The molecule has 2 aromatic rings. The highest BCUT2D eigenvalue weighted by molar-refractivity contribution is 5.94. The van der Waals surface area contributed by atoms with E-state index in [4.69, 9.17) is 4.74 Å². The maximum atomic E-state index is 14.1. The molecule has 32 heavy (non-hydrogen) atoms. The molecule has 1 atom stereocenters. The highest BCUT2D eigenvalue weighted by Gasteiger charge is 2.35. The molecular weight excluding hydrogens is 407 g/mol. The van der Waals surface area contributed by atoms with Gasteiger partial charge in [0.05, 0.1) is 0 Å². The first-order valence-electron chi connectivity index (χ1n) is 11.7. The van der Waals surface area contributed by atoms with E-state index in [9.17, 15) is 14.0 Å². The third-order valence-corrected chi connectivity index (χ3v) is 6.90. The Bertz CT molecular complexity index is 981. The molecule has 2 heterocycles. The van der Waals surface area contributed by atoms with E-state index in [0.717, 1.165) is 50.9 Å². The van der Waals surface area contributed by atoms with Gasteiger partial charge in [0.2, 0.25) is 5.91 Å². The molecule has 2 aliphatic heterocycles. The number of likely N-dealkylation sites (tertiary alicyclic amines) is 2. The predicted molar refractivity (Wildman–Crippen MR) is 119 cm³/mol. The molecule has 0 bridgehead atoms. The Morgan fingerprint density at radius 2 is 1.53 bits per heavy atom. The smallest absolute Gasteiger partial charge is 0.253 e. The van der Waals surface area contributed by atoms with Gasteiger partial charge in [0, 0.05) is 56.4 Å². The van der Waals surface area contributed by atoms with Crippen LogP contribution in [0.15, 0.2) is 48.5 Å². The minimum atomic E-state index is -0.198. The van der Waals surface area contributed by atoms with E-state index in [1.54, 1.807) is 23.1 Å². The number of hydrogen-bond acceptors (Lipinski definition) is 3. The number of ether oxygens (including phenoxy) is 1. The van der Waals surface area contributed by atoms with Crippen molar-refractivity contribution in [1.29, 1.82) is 0 Å². The van der Waals surface area contributed by atoms with Crippen LogP contribution in [0.3, 0.4) is 0 Å². The number of carbonyl (C=O) groups is 2. The minimum absolute atomic E-state index is 0.0257. The number of rotatable bonds is 5. The molecular formula is C26H29FN2O3. The van der Waals surface area contributed by atoms with Gasteiger partial charge in [-0.15, -0.1) is 0 Å². The molecule has 0 aromatic heterocycles. The van der Waals surface area contributed by atoms with Gasteiger partial charge in [-0.2, -0.15) is 0 Å². The monoisotopic (exact) mass is 436 g/mol. The van der Waals surface area contributed by atoms with E-state index >= 15 is 0 Å². The molecule has 2 saturated heterocycles. The van der Waals surface area contributed by atoms with Gasteiger partial charge in [0.15, 0.2) is 0 Å². The lowest BCUT2D eigenvalue weighted by Gasteiger charge is -2.32. The molecule has 6 heteroatoms. The van der Waals surface area contributed by atoms with Gasteiger partial charge in [-0.05, 0) is 55.2 Å². The lowest BCUT2D eigenvalue weighted by molar-refractivity contribution is -0.134. The van der Waals surface area contributed by atoms with Gasteiger partial charge in [-0.25, -0.2) is 4.39 Å². The van der Waals surface area contributed by atoms with Crippen molar-refractivity contribution in [2.75, 3.05) is 26.2 Å². The SMILES string of the molecule is O=C(c1ccc(OC2CCN(C(=O)C3CC3)CC2)cc1)N1CCC(c2ccccc2F)C1. The zero-order valence-electron chi connectivity index (χ0n) is 18.2. The molecule has 168 valence electrons. The number of piperidine rings is 1. The molecule has 0 N–H and O–H groups in total. The Morgan fingerprint density at radius 1 is 0.844 bits per heavy atom. The van der Waals surface area contributed by atoms with Crippen molar-refractivity contribution in [2.24, 2.45) is 5.92 Å². The summed E-state index contributed by atoms with van der Waals surface area (Å²) in [5, 5.41) is 0. The number of halogens is 1. The molecule has 2 aromatic carbocycles. The first kappa shape index (κ1) is 21.0. The van der Waals surface area contributed by atoms with Crippen LogP contribution in [0.25, 0.3) is 0 Å². The average Bonchev–Trinajstić information content (AvgIpc) is 3.56. The molecule has 0 radical (unpaired) electrons. The third-order valence-electron chi connectivity index (χ3n) is 6.90. The van der Waals surface area contributed by atoms with Crippen LogP contribution in [0, 0.1) is 11.7 Å². The minimum Gasteiger partial charge on any atom is -0.490 e. The normalized spacial score (nSPS) is 21.6. The van der Waals surface area contributed by atoms with E-state index in [0.29, 0.717) is 30.1 Å². The van der Waals surface area contributed by atoms with E-state index in [1.807, 2.05) is 29.2 Å². The van der Waals surface area contributed by atoms with Crippen molar-refractivity contribution in [2.45, 2.75) is 44.1 Å². The summed E-state index contributed by atoms with van der Waals surface area (Å²) in [6.45, 7) is 2.69. The maximum Gasteiger partial charge on any atom is 0.253 e. The fourth-order valence-electron chi connectivity index (χ4n) is 4.84. The first-order chi connectivity index (χ1) is 15.6. The van der Waals surface area contributed by atoms with Crippen LogP contribution in [0.5, 0.6) is 5.75 Å². The van der Waals surface area contributed by atoms with E-state index in [2.05, 4.69) is 0 Å². The molecule has 5 nitrogen and oxygen atoms in total. The summed E-state index contributed by atoms with van der Waals surface area (Å²) in [6, 6.07) is 14.1. The number of benzene rings is 2. The van der Waals surface area contributed by atoms with E-state index in [-0.39, 0.29) is 29.7 Å². The van der Waals surface area contributed by atoms with Crippen LogP contribution < -0.4 is 4.74 Å². The second kappa shape index (κ2) is 8.93. The summed E-state index contributed by atoms with van der Waals surface area (Å²) >= 11 is 0. The Morgan fingerprint density at radius 3 is 2.22 bits per heavy atom. The quantitative estimate of drug-likeness (QED) is 0.705. The number of nitrogens with zero attached hydrogens (tertiary/aromatic N) is 2. The van der Waals surface area contributed by atoms with Gasteiger partial charge in [0.25, 0.3) is 5.91 Å². The van der Waals surface area contributed by atoms with Crippen LogP contribution in [0.1, 0.15) is 53.9 Å². The van der Waals surface area contributed by atoms with Crippen LogP contribution in [0.2, 0.25) is 0 Å². The number of carbonyl (C=O) groups excluding carboxylic acids is 2. The lowest BCUT2D eigenvalue weighted by atomic mass is 9.98. The third kappa shape index (κ3) is 4.50. The molecule has 3 aliphatic rings. The topological polar surface area (TPSA) is 49.9 Å². The van der Waals surface area contributed by atoms with Gasteiger partial charge < -0.3 is 14.5 Å². The second-order valence-electron chi connectivity index (χ2n) is 9.20. The molecule has 1 saturated carbocycles.